The molecular formula is C23H31N5O5. The van der Waals surface area contributed by atoms with Gasteiger partial charge in [-0.05, 0) is 36.8 Å². The molecule has 1 aromatic heterocycles. The number of amides is 3. The van der Waals surface area contributed by atoms with Crippen LogP contribution in [0.25, 0.3) is 10.9 Å². The topological polar surface area (TPSA) is 158 Å². The zero-order chi connectivity index (χ0) is 24.1. The number of likely N-dealkylation sites (tertiary alicyclic amines) is 1. The van der Waals surface area contributed by atoms with Gasteiger partial charge in [0.25, 0.3) is 0 Å². The number of carboxylic acid groups (broad SMARTS) is 1. The van der Waals surface area contributed by atoms with Gasteiger partial charge in [0.05, 0.1) is 12.6 Å². The molecule has 6 N–H and O–H groups in total. The Balaban J connectivity index is 1.53. The molecule has 1 aromatic carbocycles. The molecule has 10 nitrogen and oxygen atoms in total. The van der Waals surface area contributed by atoms with Crippen molar-refractivity contribution < 1.29 is 24.3 Å². The van der Waals surface area contributed by atoms with Gasteiger partial charge in [0.15, 0.2) is 0 Å². The van der Waals surface area contributed by atoms with Gasteiger partial charge in [-0.15, -0.1) is 0 Å². The Hall–Kier alpha value is -3.40. The molecule has 1 aliphatic heterocycles. The van der Waals surface area contributed by atoms with Gasteiger partial charge in [-0.25, -0.2) is 4.79 Å². The minimum atomic E-state index is -1.12. The van der Waals surface area contributed by atoms with Crippen molar-refractivity contribution in [1.29, 1.82) is 0 Å². The van der Waals surface area contributed by atoms with E-state index in [4.69, 9.17) is 5.73 Å². The average Bonchev–Trinajstić information content (AvgIpc) is 3.42. The van der Waals surface area contributed by atoms with Gasteiger partial charge in [0.2, 0.25) is 17.7 Å². The number of para-hydroxylation sites is 1. The molecular weight excluding hydrogens is 426 g/mol. The molecule has 1 aliphatic rings. The molecule has 2 aromatic rings. The van der Waals surface area contributed by atoms with Gasteiger partial charge in [-0.1, -0.05) is 32.0 Å². The van der Waals surface area contributed by atoms with E-state index in [1.54, 1.807) is 13.8 Å². The number of rotatable bonds is 9. The van der Waals surface area contributed by atoms with E-state index < -0.39 is 41.8 Å². The van der Waals surface area contributed by atoms with Crippen LogP contribution in [0.15, 0.2) is 30.5 Å². The number of fused-ring (bicyclic) bond motifs is 1. The van der Waals surface area contributed by atoms with Crippen molar-refractivity contribution in [2.75, 3.05) is 13.1 Å². The molecule has 3 amide bonds. The second-order valence-corrected chi connectivity index (χ2v) is 8.70. The molecule has 1 fully saturated rings. The summed E-state index contributed by atoms with van der Waals surface area (Å²) in [6.07, 6.45) is 3.19. The standard InChI is InChI=1S/C23H31N5O5/c1-13(2)20(23(32)33)27-22(31)18-8-5-9-28(18)19(29)12-26-21(30)16(24)10-14-11-25-17-7-4-3-6-15(14)17/h3-4,6-7,11,13,16,18,20,25H,5,8-10,12,24H2,1-2H3,(H,26,30)(H,27,31)(H,32,33). The molecule has 0 aliphatic carbocycles. The predicted octanol–water partition coefficient (Wildman–Crippen LogP) is 0.370. The van der Waals surface area contributed by atoms with Crippen LogP contribution in [0.4, 0.5) is 0 Å². The molecule has 0 saturated carbocycles. The van der Waals surface area contributed by atoms with E-state index in [0.29, 0.717) is 25.8 Å². The van der Waals surface area contributed by atoms with Crippen LogP contribution in [0, 0.1) is 5.92 Å². The van der Waals surface area contributed by atoms with E-state index >= 15 is 0 Å². The number of carbonyl (C=O) groups excluding carboxylic acids is 3. The van der Waals surface area contributed by atoms with E-state index in [0.717, 1.165) is 16.5 Å². The Morgan fingerprint density at radius 3 is 2.67 bits per heavy atom. The van der Waals surface area contributed by atoms with Gasteiger partial charge in [0, 0.05) is 23.6 Å². The summed E-state index contributed by atoms with van der Waals surface area (Å²) in [5.41, 5.74) is 7.92. The van der Waals surface area contributed by atoms with Gasteiger partial charge >= 0.3 is 5.97 Å². The third kappa shape index (κ3) is 5.70. The number of hydrogen-bond donors (Lipinski definition) is 5. The number of nitrogens with two attached hydrogens (primary N) is 1. The number of carboxylic acids is 1. The number of H-pyrrole nitrogens is 1. The number of hydrogen-bond acceptors (Lipinski definition) is 5. The third-order valence-electron chi connectivity index (χ3n) is 5.97. The lowest BCUT2D eigenvalue weighted by Crippen LogP contribution is -2.54. The largest absolute Gasteiger partial charge is 0.480 e. The Bertz CT molecular complexity index is 1030. The van der Waals surface area contributed by atoms with Crippen molar-refractivity contribution in [3.05, 3.63) is 36.0 Å². The fraction of sp³-hybridized carbons (Fsp3) is 0.478. The monoisotopic (exact) mass is 457 g/mol. The first-order valence-corrected chi connectivity index (χ1v) is 11.1. The van der Waals surface area contributed by atoms with Crippen LogP contribution in [0.2, 0.25) is 0 Å². The maximum Gasteiger partial charge on any atom is 0.326 e. The summed E-state index contributed by atoms with van der Waals surface area (Å²) < 4.78 is 0. The van der Waals surface area contributed by atoms with E-state index in [-0.39, 0.29) is 12.5 Å². The molecule has 0 bridgehead atoms. The highest BCUT2D eigenvalue weighted by atomic mass is 16.4. The van der Waals surface area contributed by atoms with Crippen LogP contribution in [-0.2, 0) is 25.6 Å². The number of carbonyl (C=O) groups is 4. The van der Waals surface area contributed by atoms with Crippen LogP contribution in [0.3, 0.4) is 0 Å². The van der Waals surface area contributed by atoms with Crippen LogP contribution < -0.4 is 16.4 Å². The molecule has 1 saturated heterocycles. The molecule has 33 heavy (non-hydrogen) atoms. The Kier molecular flexibility index (Phi) is 7.70. The Labute approximate surface area is 191 Å². The smallest absolute Gasteiger partial charge is 0.326 e. The van der Waals surface area contributed by atoms with Gasteiger partial charge in [0.1, 0.15) is 12.1 Å². The van der Waals surface area contributed by atoms with Gasteiger partial charge < -0.3 is 31.4 Å². The molecule has 0 spiro atoms. The molecule has 0 radical (unpaired) electrons. The van der Waals surface area contributed by atoms with Crippen molar-refractivity contribution in [2.45, 2.75) is 51.2 Å². The molecule has 178 valence electrons. The quantitative estimate of drug-likeness (QED) is 0.366. The molecule has 2 heterocycles. The Morgan fingerprint density at radius 1 is 1.24 bits per heavy atom. The highest BCUT2D eigenvalue weighted by Gasteiger charge is 2.36. The van der Waals surface area contributed by atoms with Crippen molar-refractivity contribution in [3.63, 3.8) is 0 Å². The number of aromatic amines is 1. The minimum absolute atomic E-state index is 0.281. The van der Waals surface area contributed by atoms with Crippen molar-refractivity contribution in [3.8, 4) is 0 Å². The lowest BCUT2D eigenvalue weighted by molar-refractivity contribution is -0.145. The first-order valence-electron chi connectivity index (χ1n) is 11.1. The number of nitrogens with one attached hydrogen (secondary N) is 3. The fourth-order valence-corrected chi connectivity index (χ4v) is 4.13. The van der Waals surface area contributed by atoms with Crippen LogP contribution in [0.5, 0.6) is 0 Å². The van der Waals surface area contributed by atoms with E-state index in [9.17, 15) is 24.3 Å². The van der Waals surface area contributed by atoms with E-state index in [1.807, 2.05) is 30.5 Å². The van der Waals surface area contributed by atoms with Gasteiger partial charge in [-0.3, -0.25) is 14.4 Å². The SMILES string of the molecule is CC(C)C(NC(=O)C1CCCN1C(=O)CNC(=O)C(N)Cc1c[nH]c2ccccc12)C(=O)O. The maximum atomic E-state index is 12.7. The molecule has 3 unspecified atom stereocenters. The van der Waals surface area contributed by atoms with Crippen LogP contribution in [-0.4, -0.2) is 69.9 Å². The third-order valence-corrected chi connectivity index (χ3v) is 5.97. The zero-order valence-corrected chi connectivity index (χ0v) is 18.8. The number of benzene rings is 1. The fourth-order valence-electron chi connectivity index (χ4n) is 4.13. The highest BCUT2D eigenvalue weighted by Crippen LogP contribution is 2.20. The van der Waals surface area contributed by atoms with Crippen molar-refractivity contribution in [2.24, 2.45) is 11.7 Å². The summed E-state index contributed by atoms with van der Waals surface area (Å²) in [6, 6.07) is 5.08. The number of aromatic nitrogens is 1. The second kappa shape index (κ2) is 10.5. The second-order valence-electron chi connectivity index (χ2n) is 8.70. The van der Waals surface area contributed by atoms with Gasteiger partial charge in [-0.2, -0.15) is 0 Å². The summed E-state index contributed by atoms with van der Waals surface area (Å²) in [6.45, 7) is 3.49. The average molecular weight is 458 g/mol. The maximum absolute atomic E-state index is 12.7. The Morgan fingerprint density at radius 2 is 1.97 bits per heavy atom. The lowest BCUT2D eigenvalue weighted by Gasteiger charge is -2.26. The lowest BCUT2D eigenvalue weighted by atomic mass is 10.0. The van der Waals surface area contributed by atoms with Crippen LogP contribution in [0.1, 0.15) is 32.3 Å². The number of nitrogens with zero attached hydrogens (tertiary/aromatic N) is 1. The van der Waals surface area contributed by atoms with Crippen LogP contribution >= 0.6 is 0 Å². The minimum Gasteiger partial charge on any atom is -0.480 e. The molecule has 10 heteroatoms. The molecule has 3 rings (SSSR count). The summed E-state index contributed by atoms with van der Waals surface area (Å²) >= 11 is 0. The normalized spacial score (nSPS) is 17.7. The molecule has 3 atom stereocenters. The van der Waals surface area contributed by atoms with Crippen molar-refractivity contribution >= 4 is 34.6 Å². The number of aliphatic carboxylic acids is 1. The van der Waals surface area contributed by atoms with E-state index in [1.165, 1.54) is 4.90 Å². The zero-order valence-electron chi connectivity index (χ0n) is 18.8. The van der Waals surface area contributed by atoms with E-state index in [2.05, 4.69) is 15.6 Å². The summed E-state index contributed by atoms with van der Waals surface area (Å²) in [5.74, 6) is -2.78. The first-order chi connectivity index (χ1) is 15.7. The summed E-state index contributed by atoms with van der Waals surface area (Å²) in [4.78, 5) is 53.7. The first kappa shape index (κ1) is 24.2. The van der Waals surface area contributed by atoms with Crippen molar-refractivity contribution in [1.82, 2.24) is 20.5 Å². The summed E-state index contributed by atoms with van der Waals surface area (Å²) in [7, 11) is 0. The highest BCUT2D eigenvalue weighted by molar-refractivity contribution is 5.93. The predicted molar refractivity (Wildman–Crippen MR) is 122 cm³/mol. The summed E-state index contributed by atoms with van der Waals surface area (Å²) in [5, 5.41) is 15.4.